The molecule has 1 fully saturated rings. The number of thiophene rings is 1. The van der Waals surface area contributed by atoms with Crippen LogP contribution in [0, 0.1) is 6.92 Å². The summed E-state index contributed by atoms with van der Waals surface area (Å²) in [7, 11) is 0. The molecule has 0 saturated carbocycles. The molecule has 2 heterocycles. The van der Waals surface area contributed by atoms with Gasteiger partial charge >= 0.3 is 0 Å². The normalized spacial score (nSPS) is 24.3. The Balaban J connectivity index is 2.17. The summed E-state index contributed by atoms with van der Waals surface area (Å²) >= 11 is 1.67. The summed E-state index contributed by atoms with van der Waals surface area (Å²) < 4.78 is 0. The zero-order valence-electron chi connectivity index (χ0n) is 10.9. The van der Waals surface area contributed by atoms with E-state index in [0.29, 0.717) is 13.0 Å². The molecule has 1 aromatic rings. The van der Waals surface area contributed by atoms with Gasteiger partial charge in [-0.05, 0) is 32.4 Å². The molecule has 1 N–H and O–H groups in total. The van der Waals surface area contributed by atoms with Crippen molar-refractivity contribution in [3.63, 3.8) is 0 Å². The maximum atomic E-state index is 12.4. The fourth-order valence-corrected chi connectivity index (χ4v) is 3.03. The first-order chi connectivity index (χ1) is 8.44. The van der Waals surface area contributed by atoms with Crippen LogP contribution in [0.4, 0.5) is 0 Å². The van der Waals surface area contributed by atoms with E-state index in [1.165, 1.54) is 4.88 Å². The molecule has 1 aliphatic rings. The van der Waals surface area contributed by atoms with E-state index in [9.17, 15) is 9.59 Å². The van der Waals surface area contributed by atoms with Gasteiger partial charge in [-0.1, -0.05) is 6.92 Å². The molecule has 0 bridgehead atoms. The van der Waals surface area contributed by atoms with Crippen LogP contribution in [0.2, 0.25) is 0 Å². The Labute approximate surface area is 111 Å². The first-order valence-corrected chi connectivity index (χ1v) is 6.92. The minimum Gasteiger partial charge on any atom is -0.340 e. The highest BCUT2D eigenvalue weighted by molar-refractivity contribution is 7.11. The predicted molar refractivity (Wildman–Crippen MR) is 71.3 cm³/mol. The molecule has 0 spiro atoms. The summed E-state index contributed by atoms with van der Waals surface area (Å²) in [5.74, 6) is -0.0668. The summed E-state index contributed by atoms with van der Waals surface area (Å²) in [4.78, 5) is 28.0. The molecule has 0 aromatic carbocycles. The van der Waals surface area contributed by atoms with Gasteiger partial charge in [-0.3, -0.25) is 9.59 Å². The predicted octanol–water partition coefficient (Wildman–Crippen LogP) is 1.68. The first-order valence-electron chi connectivity index (χ1n) is 6.10. The standard InChI is InChI=1S/C13H18N2O2S/c1-4-13(3)12(17)15(8-11(16)14-13)7-10-6-5-9(2)18-10/h5-6H,4,7-8H2,1-3H3,(H,14,16). The van der Waals surface area contributed by atoms with Gasteiger partial charge in [0.2, 0.25) is 11.8 Å². The average molecular weight is 266 g/mol. The lowest BCUT2D eigenvalue weighted by molar-refractivity contribution is -0.149. The van der Waals surface area contributed by atoms with Crippen LogP contribution in [0.25, 0.3) is 0 Å². The zero-order chi connectivity index (χ0) is 13.3. The van der Waals surface area contributed by atoms with Gasteiger partial charge < -0.3 is 10.2 Å². The van der Waals surface area contributed by atoms with E-state index >= 15 is 0 Å². The largest absolute Gasteiger partial charge is 0.340 e. The fourth-order valence-electron chi connectivity index (χ4n) is 2.12. The van der Waals surface area contributed by atoms with Crippen molar-refractivity contribution in [2.24, 2.45) is 0 Å². The van der Waals surface area contributed by atoms with Crippen LogP contribution in [0.1, 0.15) is 30.0 Å². The van der Waals surface area contributed by atoms with Crippen molar-refractivity contribution in [1.29, 1.82) is 0 Å². The van der Waals surface area contributed by atoms with Crippen LogP contribution < -0.4 is 5.32 Å². The Kier molecular flexibility index (Phi) is 3.43. The highest BCUT2D eigenvalue weighted by Gasteiger charge is 2.41. The van der Waals surface area contributed by atoms with E-state index in [-0.39, 0.29) is 18.4 Å². The summed E-state index contributed by atoms with van der Waals surface area (Å²) in [6.45, 7) is 6.43. The van der Waals surface area contributed by atoms with Gasteiger partial charge in [0.15, 0.2) is 0 Å². The van der Waals surface area contributed by atoms with Crippen LogP contribution in [0.3, 0.4) is 0 Å². The Morgan fingerprint density at radius 1 is 1.44 bits per heavy atom. The number of piperazine rings is 1. The molecule has 0 aliphatic carbocycles. The summed E-state index contributed by atoms with van der Waals surface area (Å²) in [5.41, 5.74) is -0.748. The van der Waals surface area contributed by atoms with E-state index in [2.05, 4.69) is 5.32 Å². The number of carbonyl (C=O) groups is 2. The van der Waals surface area contributed by atoms with Crippen LogP contribution in [0.5, 0.6) is 0 Å². The highest BCUT2D eigenvalue weighted by atomic mass is 32.1. The molecule has 5 heteroatoms. The molecule has 18 heavy (non-hydrogen) atoms. The van der Waals surface area contributed by atoms with E-state index < -0.39 is 5.54 Å². The third-order valence-corrected chi connectivity index (χ3v) is 4.34. The van der Waals surface area contributed by atoms with Crippen molar-refractivity contribution in [1.82, 2.24) is 10.2 Å². The van der Waals surface area contributed by atoms with Crippen molar-refractivity contribution < 1.29 is 9.59 Å². The Bertz CT molecular complexity index is 483. The highest BCUT2D eigenvalue weighted by Crippen LogP contribution is 2.22. The van der Waals surface area contributed by atoms with Crippen molar-refractivity contribution in [3.05, 3.63) is 21.9 Å². The van der Waals surface area contributed by atoms with E-state index in [4.69, 9.17) is 0 Å². The van der Waals surface area contributed by atoms with Crippen LogP contribution in [-0.4, -0.2) is 28.8 Å². The Hall–Kier alpha value is -1.36. The lowest BCUT2D eigenvalue weighted by Crippen LogP contribution is -2.64. The number of hydrogen-bond donors (Lipinski definition) is 1. The molecular weight excluding hydrogens is 248 g/mol. The molecule has 1 unspecified atom stereocenters. The monoisotopic (exact) mass is 266 g/mol. The third kappa shape index (κ3) is 2.41. The topological polar surface area (TPSA) is 49.4 Å². The van der Waals surface area contributed by atoms with Gasteiger partial charge in [-0.2, -0.15) is 0 Å². The van der Waals surface area contributed by atoms with Crippen molar-refractivity contribution in [2.75, 3.05) is 6.54 Å². The van der Waals surface area contributed by atoms with Gasteiger partial charge in [0.1, 0.15) is 12.1 Å². The zero-order valence-corrected chi connectivity index (χ0v) is 11.8. The smallest absolute Gasteiger partial charge is 0.248 e. The van der Waals surface area contributed by atoms with Crippen molar-refractivity contribution >= 4 is 23.2 Å². The molecule has 1 atom stereocenters. The van der Waals surface area contributed by atoms with Gasteiger partial charge in [-0.25, -0.2) is 0 Å². The number of nitrogens with zero attached hydrogens (tertiary/aromatic N) is 1. The van der Waals surface area contributed by atoms with E-state index in [1.807, 2.05) is 26.0 Å². The molecule has 1 saturated heterocycles. The molecule has 98 valence electrons. The SMILES string of the molecule is CCC1(C)NC(=O)CN(Cc2ccc(C)s2)C1=O. The van der Waals surface area contributed by atoms with Crippen molar-refractivity contribution in [2.45, 2.75) is 39.3 Å². The summed E-state index contributed by atoms with van der Waals surface area (Å²) in [5, 5.41) is 2.79. The summed E-state index contributed by atoms with van der Waals surface area (Å²) in [6, 6.07) is 4.05. The van der Waals surface area contributed by atoms with Gasteiger partial charge in [0, 0.05) is 9.75 Å². The second-order valence-corrected chi connectivity index (χ2v) is 6.28. The molecule has 2 rings (SSSR count). The molecule has 1 aliphatic heterocycles. The number of nitrogens with one attached hydrogen (secondary N) is 1. The number of rotatable bonds is 3. The quantitative estimate of drug-likeness (QED) is 0.905. The van der Waals surface area contributed by atoms with Crippen molar-refractivity contribution in [3.8, 4) is 0 Å². The minimum absolute atomic E-state index is 0.00986. The second-order valence-electron chi connectivity index (χ2n) is 4.91. The Morgan fingerprint density at radius 2 is 2.17 bits per heavy atom. The maximum absolute atomic E-state index is 12.4. The second kappa shape index (κ2) is 4.72. The van der Waals surface area contributed by atoms with Gasteiger partial charge in [0.05, 0.1) is 6.54 Å². The van der Waals surface area contributed by atoms with Crippen LogP contribution >= 0.6 is 11.3 Å². The van der Waals surface area contributed by atoms with Crippen LogP contribution in [0.15, 0.2) is 12.1 Å². The lowest BCUT2D eigenvalue weighted by atomic mass is 9.94. The fraction of sp³-hybridized carbons (Fsp3) is 0.538. The molecule has 2 amide bonds. The third-order valence-electron chi connectivity index (χ3n) is 3.36. The van der Waals surface area contributed by atoms with E-state index in [0.717, 1.165) is 4.88 Å². The number of amides is 2. The average Bonchev–Trinajstić information content (AvgIpc) is 2.71. The number of aryl methyl sites for hydroxylation is 1. The maximum Gasteiger partial charge on any atom is 0.248 e. The number of hydrogen-bond acceptors (Lipinski definition) is 3. The molecule has 4 nitrogen and oxygen atoms in total. The van der Waals surface area contributed by atoms with Gasteiger partial charge in [0.25, 0.3) is 0 Å². The molecule has 1 aromatic heterocycles. The molecule has 0 radical (unpaired) electrons. The Morgan fingerprint density at radius 3 is 2.72 bits per heavy atom. The summed E-state index contributed by atoms with van der Waals surface area (Å²) in [6.07, 6.45) is 0.609. The van der Waals surface area contributed by atoms with Gasteiger partial charge in [-0.15, -0.1) is 11.3 Å². The minimum atomic E-state index is -0.748. The lowest BCUT2D eigenvalue weighted by Gasteiger charge is -2.39. The molecular formula is C13H18N2O2S. The van der Waals surface area contributed by atoms with E-state index in [1.54, 1.807) is 23.2 Å². The van der Waals surface area contributed by atoms with Crippen LogP contribution in [-0.2, 0) is 16.1 Å². The number of carbonyl (C=O) groups excluding carboxylic acids is 2. The first kappa shape index (κ1) is 13.1.